The molecule has 0 aliphatic heterocycles. The highest BCUT2D eigenvalue weighted by Gasteiger charge is 2.10. The Bertz CT molecular complexity index is 526. The number of methoxy groups -OCH3 is 1. The summed E-state index contributed by atoms with van der Waals surface area (Å²) in [7, 11) is 1.56. The molecule has 5 nitrogen and oxygen atoms in total. The molecule has 0 fully saturated rings. The largest absolute Gasteiger partial charge is 0.497 e. The summed E-state index contributed by atoms with van der Waals surface area (Å²) in [4.78, 5) is 15.6. The molecule has 17 heavy (non-hydrogen) atoms. The molecule has 1 heterocycles. The number of benzene rings is 1. The molecular weight excluding hydrogens is 238 g/mol. The van der Waals surface area contributed by atoms with Gasteiger partial charge in [0.25, 0.3) is 5.91 Å². The second-order valence-electron chi connectivity index (χ2n) is 3.28. The van der Waals surface area contributed by atoms with Crippen molar-refractivity contribution in [3.05, 3.63) is 34.8 Å². The predicted octanol–water partition coefficient (Wildman–Crippen LogP) is 1.99. The predicted molar refractivity (Wildman–Crippen MR) is 67.5 cm³/mol. The summed E-state index contributed by atoms with van der Waals surface area (Å²) in [6.07, 6.45) is 0. The lowest BCUT2D eigenvalue weighted by atomic mass is 10.2. The minimum atomic E-state index is -0.275. The normalized spacial score (nSPS) is 9.94. The molecule has 1 aromatic carbocycles. The van der Waals surface area contributed by atoms with Gasteiger partial charge in [-0.25, -0.2) is 4.98 Å². The molecule has 0 bridgehead atoms. The summed E-state index contributed by atoms with van der Waals surface area (Å²) in [5.41, 5.74) is 8.77. The molecule has 0 radical (unpaired) electrons. The maximum atomic E-state index is 11.7. The molecule has 2 rings (SSSR count). The van der Waals surface area contributed by atoms with E-state index in [1.165, 1.54) is 11.3 Å². The van der Waals surface area contributed by atoms with Gasteiger partial charge in [0.05, 0.1) is 24.0 Å². The van der Waals surface area contributed by atoms with Crippen LogP contribution in [0, 0.1) is 0 Å². The van der Waals surface area contributed by atoms with Gasteiger partial charge in [0.15, 0.2) is 0 Å². The Kier molecular flexibility index (Phi) is 3.24. The van der Waals surface area contributed by atoms with Gasteiger partial charge in [0.1, 0.15) is 11.4 Å². The SMILES string of the molecule is COc1ccc(NC(=O)c2cscn2)c(N)c1. The van der Waals surface area contributed by atoms with E-state index < -0.39 is 0 Å². The first-order valence-electron chi connectivity index (χ1n) is 4.84. The monoisotopic (exact) mass is 249 g/mol. The number of ether oxygens (including phenoxy) is 1. The summed E-state index contributed by atoms with van der Waals surface area (Å²) in [6, 6.07) is 5.07. The van der Waals surface area contributed by atoms with Crippen LogP contribution in [0.5, 0.6) is 5.75 Å². The van der Waals surface area contributed by atoms with E-state index in [4.69, 9.17) is 10.5 Å². The fourth-order valence-electron chi connectivity index (χ4n) is 1.29. The summed E-state index contributed by atoms with van der Waals surface area (Å²) >= 11 is 1.37. The van der Waals surface area contributed by atoms with Gasteiger partial charge in [-0.2, -0.15) is 0 Å². The number of rotatable bonds is 3. The van der Waals surface area contributed by atoms with E-state index in [-0.39, 0.29) is 5.91 Å². The second-order valence-corrected chi connectivity index (χ2v) is 4.00. The van der Waals surface area contributed by atoms with Crippen molar-refractivity contribution in [2.75, 3.05) is 18.2 Å². The first kappa shape index (κ1) is 11.4. The van der Waals surface area contributed by atoms with Crippen LogP contribution in [0.15, 0.2) is 29.1 Å². The Labute approximate surface area is 102 Å². The third kappa shape index (κ3) is 2.54. The van der Waals surface area contributed by atoms with E-state index in [0.29, 0.717) is 22.8 Å². The fraction of sp³-hybridized carbons (Fsp3) is 0.0909. The van der Waals surface area contributed by atoms with Crippen LogP contribution in [0.25, 0.3) is 0 Å². The fourth-order valence-corrected chi connectivity index (χ4v) is 1.82. The summed E-state index contributed by atoms with van der Waals surface area (Å²) in [5, 5.41) is 4.36. The van der Waals surface area contributed by atoms with Gasteiger partial charge in [-0.05, 0) is 12.1 Å². The summed E-state index contributed by atoms with van der Waals surface area (Å²) in [6.45, 7) is 0. The number of nitrogens with two attached hydrogens (primary N) is 1. The number of carbonyl (C=O) groups is 1. The number of thiazole rings is 1. The molecule has 1 aromatic heterocycles. The number of aromatic nitrogens is 1. The van der Waals surface area contributed by atoms with Crippen molar-refractivity contribution < 1.29 is 9.53 Å². The quantitative estimate of drug-likeness (QED) is 0.815. The number of amides is 1. The number of anilines is 2. The lowest BCUT2D eigenvalue weighted by Crippen LogP contribution is -2.13. The highest BCUT2D eigenvalue weighted by Crippen LogP contribution is 2.24. The van der Waals surface area contributed by atoms with Gasteiger partial charge in [0.2, 0.25) is 0 Å². The Morgan fingerprint density at radius 2 is 2.35 bits per heavy atom. The van der Waals surface area contributed by atoms with Gasteiger partial charge < -0.3 is 15.8 Å². The van der Waals surface area contributed by atoms with Crippen LogP contribution < -0.4 is 15.8 Å². The molecule has 88 valence electrons. The van der Waals surface area contributed by atoms with Crippen molar-refractivity contribution in [2.24, 2.45) is 0 Å². The van der Waals surface area contributed by atoms with Crippen LogP contribution in [0.2, 0.25) is 0 Å². The van der Waals surface area contributed by atoms with Gasteiger partial charge in [-0.1, -0.05) is 0 Å². The number of nitrogen functional groups attached to an aromatic ring is 1. The molecular formula is C11H11N3O2S. The van der Waals surface area contributed by atoms with Crippen LogP contribution in [0.3, 0.4) is 0 Å². The topological polar surface area (TPSA) is 77.2 Å². The molecule has 0 aliphatic rings. The Morgan fingerprint density at radius 3 is 2.94 bits per heavy atom. The zero-order valence-corrected chi connectivity index (χ0v) is 9.95. The molecule has 1 amide bonds. The van der Waals surface area contributed by atoms with Gasteiger partial charge in [0, 0.05) is 11.4 Å². The van der Waals surface area contributed by atoms with Gasteiger partial charge >= 0.3 is 0 Å². The summed E-state index contributed by atoms with van der Waals surface area (Å²) < 4.78 is 5.02. The van der Waals surface area contributed by atoms with Crippen LogP contribution in [0.1, 0.15) is 10.5 Å². The zero-order valence-electron chi connectivity index (χ0n) is 9.14. The standard InChI is InChI=1S/C11H11N3O2S/c1-16-7-2-3-9(8(12)4-7)14-11(15)10-5-17-6-13-10/h2-6H,12H2,1H3,(H,14,15). The number of nitrogens with one attached hydrogen (secondary N) is 1. The molecule has 0 saturated carbocycles. The summed E-state index contributed by atoms with van der Waals surface area (Å²) in [5.74, 6) is 0.372. The molecule has 6 heteroatoms. The van der Waals surface area contributed by atoms with Gasteiger partial charge in [-0.15, -0.1) is 11.3 Å². The second kappa shape index (κ2) is 4.84. The minimum absolute atomic E-state index is 0.275. The van der Waals surface area contributed by atoms with Crippen molar-refractivity contribution in [1.82, 2.24) is 4.98 Å². The zero-order chi connectivity index (χ0) is 12.3. The Morgan fingerprint density at radius 1 is 1.53 bits per heavy atom. The smallest absolute Gasteiger partial charge is 0.275 e. The van der Waals surface area contributed by atoms with E-state index in [0.717, 1.165) is 0 Å². The van der Waals surface area contributed by atoms with Crippen LogP contribution in [0.4, 0.5) is 11.4 Å². The molecule has 0 atom stereocenters. The number of nitrogens with zero attached hydrogens (tertiary/aromatic N) is 1. The average Bonchev–Trinajstić information content (AvgIpc) is 2.85. The Balaban J connectivity index is 2.16. The van der Waals surface area contributed by atoms with Crippen LogP contribution in [-0.4, -0.2) is 18.0 Å². The van der Waals surface area contributed by atoms with Crippen molar-refractivity contribution in [3.8, 4) is 5.75 Å². The average molecular weight is 249 g/mol. The van der Waals surface area contributed by atoms with E-state index >= 15 is 0 Å². The van der Waals surface area contributed by atoms with Crippen molar-refractivity contribution >= 4 is 28.6 Å². The van der Waals surface area contributed by atoms with E-state index in [1.54, 1.807) is 36.2 Å². The number of carbonyl (C=O) groups excluding carboxylic acids is 1. The van der Waals surface area contributed by atoms with Crippen molar-refractivity contribution in [2.45, 2.75) is 0 Å². The highest BCUT2D eigenvalue weighted by molar-refractivity contribution is 7.07. The van der Waals surface area contributed by atoms with Crippen molar-refractivity contribution in [3.63, 3.8) is 0 Å². The highest BCUT2D eigenvalue weighted by atomic mass is 32.1. The molecule has 0 unspecified atom stereocenters. The number of hydrogen-bond acceptors (Lipinski definition) is 5. The van der Waals surface area contributed by atoms with E-state index in [1.807, 2.05) is 0 Å². The first-order valence-corrected chi connectivity index (χ1v) is 5.78. The third-order valence-corrected chi connectivity index (χ3v) is 2.76. The minimum Gasteiger partial charge on any atom is -0.497 e. The molecule has 0 saturated heterocycles. The van der Waals surface area contributed by atoms with Gasteiger partial charge in [-0.3, -0.25) is 4.79 Å². The van der Waals surface area contributed by atoms with Crippen LogP contribution in [-0.2, 0) is 0 Å². The van der Waals surface area contributed by atoms with Crippen molar-refractivity contribution in [1.29, 1.82) is 0 Å². The number of hydrogen-bond donors (Lipinski definition) is 2. The third-order valence-electron chi connectivity index (χ3n) is 2.17. The molecule has 0 aliphatic carbocycles. The first-order chi connectivity index (χ1) is 8.20. The lowest BCUT2D eigenvalue weighted by molar-refractivity contribution is 0.102. The molecule has 3 N–H and O–H groups in total. The van der Waals surface area contributed by atoms with E-state index in [9.17, 15) is 4.79 Å². The molecule has 2 aromatic rings. The van der Waals surface area contributed by atoms with E-state index in [2.05, 4.69) is 10.3 Å². The molecule has 0 spiro atoms. The maximum absolute atomic E-state index is 11.7. The maximum Gasteiger partial charge on any atom is 0.275 e. The van der Waals surface area contributed by atoms with Crippen LogP contribution >= 0.6 is 11.3 Å². The Hall–Kier alpha value is -2.08. The lowest BCUT2D eigenvalue weighted by Gasteiger charge is -2.08.